The van der Waals surface area contributed by atoms with Crippen molar-refractivity contribution in [3.05, 3.63) is 47.8 Å². The van der Waals surface area contributed by atoms with Crippen LogP contribution in [-0.2, 0) is 26.0 Å². The Balaban J connectivity index is 0.00000140. The molecule has 1 N–H and O–H groups in total. The molecule has 0 radical (unpaired) electrons. The minimum Gasteiger partial charge on any atom is -1.00 e. The van der Waals surface area contributed by atoms with E-state index in [4.69, 9.17) is 14.2 Å². The molecule has 3 aromatic rings. The summed E-state index contributed by atoms with van der Waals surface area (Å²) in [5.74, 6) is 0.954. The van der Waals surface area contributed by atoms with Gasteiger partial charge < -0.3 is 20.6 Å². The molecule has 0 aliphatic carbocycles. The zero-order valence-corrected chi connectivity index (χ0v) is 18.1. The predicted molar refractivity (Wildman–Crippen MR) is 97.5 cm³/mol. The normalized spacial score (nSPS) is 15.6. The number of hydrogen-bond donors (Lipinski definition) is 1. The van der Waals surface area contributed by atoms with E-state index in [1.807, 2.05) is 31.2 Å². The Morgan fingerprint density at radius 1 is 1.30 bits per heavy atom. The van der Waals surface area contributed by atoms with Gasteiger partial charge in [0.15, 0.2) is 11.4 Å². The number of fused-ring (bicyclic) bond motifs is 1. The third-order valence-electron chi connectivity index (χ3n) is 4.18. The van der Waals surface area contributed by atoms with Crippen molar-refractivity contribution in [3.8, 4) is 5.75 Å². The molecular formula is C18H20N3NaO4S. The Kier molecular flexibility index (Phi) is 7.02. The molecule has 9 heteroatoms. The summed E-state index contributed by atoms with van der Waals surface area (Å²) in [6.45, 7) is 3.40. The molecule has 7 nitrogen and oxygen atoms in total. The van der Waals surface area contributed by atoms with Gasteiger partial charge in [-0.05, 0) is 25.1 Å². The number of nitrogens with one attached hydrogen (secondary N) is 1. The van der Waals surface area contributed by atoms with Gasteiger partial charge in [0.1, 0.15) is 12.4 Å². The average Bonchev–Trinajstić information content (AvgIpc) is 3.31. The van der Waals surface area contributed by atoms with E-state index < -0.39 is 10.8 Å². The number of ether oxygens (including phenoxy) is 3. The van der Waals surface area contributed by atoms with Crippen LogP contribution in [0.5, 0.6) is 5.75 Å². The monoisotopic (exact) mass is 397 g/mol. The summed E-state index contributed by atoms with van der Waals surface area (Å²) in [7, 11) is -1.33. The van der Waals surface area contributed by atoms with Gasteiger partial charge >= 0.3 is 29.6 Å². The van der Waals surface area contributed by atoms with Gasteiger partial charge in [-0.25, -0.2) is 4.98 Å². The average molecular weight is 397 g/mol. The maximum Gasteiger partial charge on any atom is 1.00 e. The molecule has 0 amide bonds. The summed E-state index contributed by atoms with van der Waals surface area (Å²) < 4.78 is 29.2. The number of hydrogen-bond acceptors (Lipinski definition) is 6. The van der Waals surface area contributed by atoms with Gasteiger partial charge in [-0.3, -0.25) is 9.19 Å². The molecule has 4 rings (SSSR count). The van der Waals surface area contributed by atoms with Crippen LogP contribution >= 0.6 is 0 Å². The van der Waals surface area contributed by atoms with E-state index in [2.05, 4.69) is 15.0 Å². The fourth-order valence-electron chi connectivity index (χ4n) is 2.75. The van der Waals surface area contributed by atoms with Crippen molar-refractivity contribution >= 4 is 21.8 Å². The number of imidazole rings is 1. The largest absolute Gasteiger partial charge is 1.00 e. The first-order chi connectivity index (χ1) is 12.7. The predicted octanol–water partition coefficient (Wildman–Crippen LogP) is -0.558. The van der Waals surface area contributed by atoms with E-state index in [0.29, 0.717) is 30.7 Å². The maximum absolute atomic E-state index is 12.7. The molecule has 1 saturated heterocycles. The van der Waals surface area contributed by atoms with Crippen LogP contribution in [0, 0.1) is 6.92 Å². The molecule has 1 unspecified atom stereocenters. The Hall–Kier alpha value is -1.29. The summed E-state index contributed by atoms with van der Waals surface area (Å²) in [5, 5.41) is 0.450. The van der Waals surface area contributed by atoms with E-state index in [-0.39, 0.29) is 43.0 Å². The van der Waals surface area contributed by atoms with E-state index in [1.54, 1.807) is 12.3 Å². The molecule has 1 aliphatic heterocycles. The van der Waals surface area contributed by atoms with Crippen molar-refractivity contribution < 1.29 is 49.4 Å². The summed E-state index contributed by atoms with van der Waals surface area (Å²) in [5.41, 5.74) is 3.24. The number of aromatic amines is 1. The number of H-pyrrole nitrogens is 1. The summed E-state index contributed by atoms with van der Waals surface area (Å²) >= 11 is 0. The molecule has 3 heterocycles. The van der Waals surface area contributed by atoms with Gasteiger partial charge in [0.05, 0.1) is 46.5 Å². The summed E-state index contributed by atoms with van der Waals surface area (Å²) in [4.78, 5) is 11.9. The molecule has 1 aromatic carbocycles. The summed E-state index contributed by atoms with van der Waals surface area (Å²) in [6.07, 6.45) is 1.32. The van der Waals surface area contributed by atoms with Gasteiger partial charge in [-0.15, -0.1) is 0 Å². The van der Waals surface area contributed by atoms with Crippen molar-refractivity contribution in [2.24, 2.45) is 0 Å². The van der Waals surface area contributed by atoms with Gasteiger partial charge in [0.2, 0.25) is 0 Å². The van der Waals surface area contributed by atoms with Crippen molar-refractivity contribution in [1.29, 1.82) is 0 Å². The van der Waals surface area contributed by atoms with Gasteiger partial charge in [-0.1, -0.05) is 12.1 Å². The molecule has 1 atom stereocenters. The van der Waals surface area contributed by atoms with Crippen LogP contribution in [0.2, 0.25) is 0 Å². The van der Waals surface area contributed by atoms with Crippen LogP contribution < -0.4 is 34.3 Å². The third-order valence-corrected chi connectivity index (χ3v) is 5.34. The molecule has 0 bridgehead atoms. The number of rotatable bonds is 6. The molecule has 1 aliphatic rings. The van der Waals surface area contributed by atoms with Gasteiger partial charge in [-0.2, -0.15) is 0 Å². The second-order valence-electron chi connectivity index (χ2n) is 5.91. The van der Waals surface area contributed by atoms with Crippen molar-refractivity contribution in [2.75, 3.05) is 19.8 Å². The first-order valence-electron chi connectivity index (χ1n) is 8.34. The minimum absolute atomic E-state index is 0. The maximum atomic E-state index is 12.7. The molecule has 0 saturated carbocycles. The van der Waals surface area contributed by atoms with E-state index in [0.717, 1.165) is 22.3 Å². The number of benzene rings is 1. The minimum atomic E-state index is -1.33. The van der Waals surface area contributed by atoms with Crippen LogP contribution in [0.15, 0.2) is 41.7 Å². The second kappa shape index (κ2) is 9.27. The summed E-state index contributed by atoms with van der Waals surface area (Å²) in [6, 6.07) is 9.40. The number of aromatic nitrogens is 3. The molecule has 27 heavy (non-hydrogen) atoms. The zero-order valence-electron chi connectivity index (χ0n) is 16.3. The van der Waals surface area contributed by atoms with E-state index in [1.165, 1.54) is 0 Å². The standard InChI is InChI=1S/C18H19N3O4S.Na.H/c1-12-15(19-7-6-16(12)25-10-17-23-8-9-24-17)11-26(22)18-20-13-4-2-3-5-14(13)21-18;;/h2-7,17H,8-11H2,1H3,(H,20,21);;/q;+1;-1. The third kappa shape index (κ3) is 4.77. The molecule has 0 spiro atoms. The van der Waals surface area contributed by atoms with Crippen LogP contribution in [0.1, 0.15) is 12.7 Å². The van der Waals surface area contributed by atoms with Crippen LogP contribution in [0.25, 0.3) is 11.0 Å². The molecular weight excluding hydrogens is 377 g/mol. The van der Waals surface area contributed by atoms with E-state index >= 15 is 0 Å². The Morgan fingerprint density at radius 3 is 2.85 bits per heavy atom. The number of nitrogens with zero attached hydrogens (tertiary/aromatic N) is 2. The fraction of sp³-hybridized carbons (Fsp3) is 0.333. The Morgan fingerprint density at radius 2 is 2.07 bits per heavy atom. The number of para-hydroxylation sites is 2. The topological polar surface area (TPSA) is 86.3 Å². The van der Waals surface area contributed by atoms with E-state index in [9.17, 15) is 4.21 Å². The zero-order chi connectivity index (χ0) is 17.9. The SMILES string of the molecule is Cc1c(OCC2OCCO2)ccnc1CS(=O)c1nc2ccccc2[nH]1.[H-].[Na+]. The van der Waals surface area contributed by atoms with Gasteiger partial charge in [0.25, 0.3) is 0 Å². The van der Waals surface area contributed by atoms with Crippen LogP contribution in [0.4, 0.5) is 0 Å². The number of pyridine rings is 1. The van der Waals surface area contributed by atoms with Crippen molar-refractivity contribution in [3.63, 3.8) is 0 Å². The quantitative estimate of drug-likeness (QED) is 0.562. The van der Waals surface area contributed by atoms with Gasteiger partial charge in [0, 0.05) is 11.8 Å². The second-order valence-corrected chi connectivity index (χ2v) is 7.28. The first-order valence-corrected chi connectivity index (χ1v) is 9.66. The smallest absolute Gasteiger partial charge is 1.00 e. The van der Waals surface area contributed by atoms with Crippen molar-refractivity contribution in [1.82, 2.24) is 15.0 Å². The van der Waals surface area contributed by atoms with Crippen molar-refractivity contribution in [2.45, 2.75) is 24.1 Å². The molecule has 1 fully saturated rings. The van der Waals surface area contributed by atoms with Crippen LogP contribution in [-0.4, -0.2) is 45.3 Å². The fourth-order valence-corrected chi connectivity index (χ4v) is 3.85. The Labute approximate surface area is 183 Å². The van der Waals surface area contributed by atoms with Crippen LogP contribution in [0.3, 0.4) is 0 Å². The Bertz CT molecular complexity index is 916. The molecule has 138 valence electrons. The first kappa shape index (κ1) is 20.4. The molecule has 2 aromatic heterocycles.